The molecule has 1 saturated carbocycles. The summed E-state index contributed by atoms with van der Waals surface area (Å²) in [7, 11) is 0. The first kappa shape index (κ1) is 16.1. The number of nitrogens with two attached hydrogens (primary N) is 1. The van der Waals surface area contributed by atoms with Crippen LogP contribution in [0.3, 0.4) is 0 Å². The Morgan fingerprint density at radius 2 is 2.19 bits per heavy atom. The first-order valence-electron chi connectivity index (χ1n) is 7.54. The van der Waals surface area contributed by atoms with Gasteiger partial charge in [0.05, 0.1) is 11.4 Å². The summed E-state index contributed by atoms with van der Waals surface area (Å²) in [5.74, 6) is 0.810. The van der Waals surface area contributed by atoms with Crippen LogP contribution in [0.4, 0.5) is 11.4 Å². The van der Waals surface area contributed by atoms with Crippen LogP contribution in [0.5, 0.6) is 0 Å². The van der Waals surface area contributed by atoms with E-state index in [4.69, 9.17) is 17.3 Å². The Kier molecular flexibility index (Phi) is 5.48. The molecule has 0 aromatic heterocycles. The highest BCUT2D eigenvalue weighted by atomic mass is 35.5. The molecule has 5 heteroatoms. The summed E-state index contributed by atoms with van der Waals surface area (Å²) < 4.78 is 0. The van der Waals surface area contributed by atoms with Gasteiger partial charge in [-0.3, -0.25) is 4.79 Å². The Balaban J connectivity index is 1.84. The number of nitrogens with one attached hydrogen (secondary N) is 1. The van der Waals surface area contributed by atoms with Gasteiger partial charge in [0.15, 0.2) is 0 Å². The predicted octanol–water partition coefficient (Wildman–Crippen LogP) is 3.37. The number of nitrogens with zero attached hydrogens (tertiary/aromatic N) is 1. The lowest BCUT2D eigenvalue weighted by Crippen LogP contribution is -2.35. The zero-order chi connectivity index (χ0) is 15.4. The molecule has 1 fully saturated rings. The highest BCUT2D eigenvalue weighted by molar-refractivity contribution is 6.31. The molecule has 0 spiro atoms. The van der Waals surface area contributed by atoms with Crippen molar-refractivity contribution in [1.29, 1.82) is 0 Å². The van der Waals surface area contributed by atoms with E-state index in [1.807, 2.05) is 0 Å². The van der Waals surface area contributed by atoms with Crippen molar-refractivity contribution in [3.05, 3.63) is 23.2 Å². The van der Waals surface area contributed by atoms with Crippen molar-refractivity contribution < 1.29 is 4.79 Å². The summed E-state index contributed by atoms with van der Waals surface area (Å²) >= 11 is 5.92. The zero-order valence-corrected chi connectivity index (χ0v) is 13.5. The second-order valence-corrected chi connectivity index (χ2v) is 6.50. The van der Waals surface area contributed by atoms with Crippen molar-refractivity contribution >= 4 is 28.9 Å². The number of amides is 1. The number of anilines is 2. The molecule has 4 nitrogen and oxygen atoms in total. The maximum absolute atomic E-state index is 12.1. The first-order chi connectivity index (χ1) is 9.95. The number of halogens is 1. The number of nitrogen functional groups attached to an aromatic ring is 1. The number of hydrogen-bond acceptors (Lipinski definition) is 3. The molecule has 3 N–H and O–H groups in total. The molecule has 2 rings (SSSR count). The van der Waals surface area contributed by atoms with E-state index in [9.17, 15) is 4.79 Å². The fraction of sp³-hybridized carbons (Fsp3) is 0.562. The standard InChI is InChI=1S/C16H24ClN3O/c1-11(2)20(10-12-3-4-12)8-7-16(21)19-15-9-13(17)5-6-14(15)18/h5-6,9,11-12H,3-4,7-8,10,18H2,1-2H3,(H,19,21). The SMILES string of the molecule is CC(C)N(CCC(=O)Nc1cc(Cl)ccc1N)CC1CC1. The molecule has 0 bridgehead atoms. The maximum Gasteiger partial charge on any atom is 0.225 e. The molecule has 21 heavy (non-hydrogen) atoms. The molecule has 0 radical (unpaired) electrons. The minimum atomic E-state index is -0.0228. The van der Waals surface area contributed by atoms with E-state index in [1.165, 1.54) is 12.8 Å². The molecule has 0 saturated heterocycles. The lowest BCUT2D eigenvalue weighted by atomic mass is 10.2. The van der Waals surface area contributed by atoms with E-state index < -0.39 is 0 Å². The fourth-order valence-corrected chi connectivity index (χ4v) is 2.46. The second kappa shape index (κ2) is 7.14. The Morgan fingerprint density at radius 3 is 2.81 bits per heavy atom. The number of hydrogen-bond donors (Lipinski definition) is 2. The van der Waals surface area contributed by atoms with Crippen LogP contribution in [0, 0.1) is 5.92 Å². The molecule has 1 aromatic carbocycles. The third-order valence-corrected chi connectivity index (χ3v) is 4.07. The van der Waals surface area contributed by atoms with Crippen LogP contribution in [0.25, 0.3) is 0 Å². The molecule has 116 valence electrons. The Labute approximate surface area is 131 Å². The van der Waals surface area contributed by atoms with Crippen LogP contribution in [-0.2, 0) is 4.79 Å². The summed E-state index contributed by atoms with van der Waals surface area (Å²) in [4.78, 5) is 14.4. The molecular weight excluding hydrogens is 286 g/mol. The Hall–Kier alpha value is -1.26. The average molecular weight is 310 g/mol. The topological polar surface area (TPSA) is 58.4 Å². The van der Waals surface area contributed by atoms with Gasteiger partial charge in [-0.2, -0.15) is 0 Å². The van der Waals surface area contributed by atoms with E-state index in [2.05, 4.69) is 24.1 Å². The number of carbonyl (C=O) groups excluding carboxylic acids is 1. The number of benzene rings is 1. The minimum absolute atomic E-state index is 0.0228. The van der Waals surface area contributed by atoms with Crippen molar-refractivity contribution in [3.8, 4) is 0 Å². The average Bonchev–Trinajstić information content (AvgIpc) is 3.22. The monoisotopic (exact) mass is 309 g/mol. The normalized spacial score (nSPS) is 14.7. The molecule has 0 unspecified atom stereocenters. The van der Waals surface area contributed by atoms with Gasteiger partial charge in [-0.25, -0.2) is 0 Å². The number of rotatable bonds is 7. The molecule has 1 amide bonds. The van der Waals surface area contributed by atoms with Gasteiger partial charge in [0.25, 0.3) is 0 Å². The second-order valence-electron chi connectivity index (χ2n) is 6.06. The van der Waals surface area contributed by atoms with Crippen molar-refractivity contribution in [3.63, 3.8) is 0 Å². The van der Waals surface area contributed by atoms with E-state index in [0.717, 1.165) is 19.0 Å². The van der Waals surface area contributed by atoms with Crippen LogP contribution in [0.15, 0.2) is 18.2 Å². The van der Waals surface area contributed by atoms with Crippen LogP contribution in [0.1, 0.15) is 33.1 Å². The van der Waals surface area contributed by atoms with Crippen LogP contribution >= 0.6 is 11.6 Å². The summed E-state index contributed by atoms with van der Waals surface area (Å²) in [5.41, 5.74) is 6.95. The summed E-state index contributed by atoms with van der Waals surface area (Å²) in [5, 5.41) is 3.41. The highest BCUT2D eigenvalue weighted by Crippen LogP contribution is 2.30. The zero-order valence-electron chi connectivity index (χ0n) is 12.7. The van der Waals surface area contributed by atoms with Gasteiger partial charge in [-0.1, -0.05) is 11.6 Å². The minimum Gasteiger partial charge on any atom is -0.397 e. The largest absolute Gasteiger partial charge is 0.397 e. The van der Waals surface area contributed by atoms with Crippen LogP contribution in [-0.4, -0.2) is 29.9 Å². The fourth-order valence-electron chi connectivity index (χ4n) is 2.29. The van der Waals surface area contributed by atoms with Gasteiger partial charge in [-0.05, 0) is 50.8 Å². The summed E-state index contributed by atoms with van der Waals surface area (Å²) in [6.07, 6.45) is 3.12. The third kappa shape index (κ3) is 5.21. The van der Waals surface area contributed by atoms with Gasteiger partial charge >= 0.3 is 0 Å². The third-order valence-electron chi connectivity index (χ3n) is 3.84. The Bertz CT molecular complexity index is 500. The first-order valence-corrected chi connectivity index (χ1v) is 7.92. The number of carbonyl (C=O) groups is 1. The van der Waals surface area contributed by atoms with Gasteiger partial charge in [0.2, 0.25) is 5.91 Å². The van der Waals surface area contributed by atoms with E-state index in [1.54, 1.807) is 18.2 Å². The molecule has 1 aliphatic rings. The Morgan fingerprint density at radius 1 is 1.48 bits per heavy atom. The highest BCUT2D eigenvalue weighted by Gasteiger charge is 2.25. The summed E-state index contributed by atoms with van der Waals surface area (Å²) in [6, 6.07) is 5.56. The molecule has 0 aliphatic heterocycles. The van der Waals surface area contributed by atoms with Gasteiger partial charge in [0.1, 0.15) is 0 Å². The lowest BCUT2D eigenvalue weighted by molar-refractivity contribution is -0.116. The predicted molar refractivity (Wildman–Crippen MR) is 88.5 cm³/mol. The van der Waals surface area contributed by atoms with Crippen molar-refractivity contribution in [2.24, 2.45) is 5.92 Å². The van der Waals surface area contributed by atoms with Gasteiger partial charge in [0, 0.05) is 30.6 Å². The molecular formula is C16H24ClN3O. The molecule has 1 aliphatic carbocycles. The quantitative estimate of drug-likeness (QED) is 0.759. The van der Waals surface area contributed by atoms with E-state index in [-0.39, 0.29) is 5.91 Å². The molecule has 0 atom stereocenters. The lowest BCUT2D eigenvalue weighted by Gasteiger charge is -2.26. The van der Waals surface area contributed by atoms with Gasteiger partial charge in [-0.15, -0.1) is 0 Å². The van der Waals surface area contributed by atoms with Gasteiger partial charge < -0.3 is 16.0 Å². The smallest absolute Gasteiger partial charge is 0.225 e. The maximum atomic E-state index is 12.1. The van der Waals surface area contributed by atoms with E-state index in [0.29, 0.717) is 28.9 Å². The van der Waals surface area contributed by atoms with E-state index >= 15 is 0 Å². The van der Waals surface area contributed by atoms with Crippen LogP contribution < -0.4 is 11.1 Å². The molecule has 1 aromatic rings. The van der Waals surface area contributed by atoms with Crippen LogP contribution in [0.2, 0.25) is 5.02 Å². The molecule has 0 heterocycles. The van der Waals surface area contributed by atoms with Crippen molar-refractivity contribution in [2.75, 3.05) is 24.1 Å². The van der Waals surface area contributed by atoms with Crippen molar-refractivity contribution in [2.45, 2.75) is 39.2 Å². The summed E-state index contributed by atoms with van der Waals surface area (Å²) in [6.45, 7) is 6.23. The van der Waals surface area contributed by atoms with Crippen molar-refractivity contribution in [1.82, 2.24) is 4.90 Å².